The van der Waals surface area contributed by atoms with Crippen LogP contribution >= 0.6 is 0 Å². The lowest BCUT2D eigenvalue weighted by Crippen LogP contribution is -2.64. The van der Waals surface area contributed by atoms with E-state index < -0.39 is 53.6 Å². The minimum atomic E-state index is -1.98. The third-order valence-corrected chi connectivity index (χ3v) is 8.64. The zero-order valence-corrected chi connectivity index (χ0v) is 28.2. The van der Waals surface area contributed by atoms with Crippen molar-refractivity contribution < 1.29 is 49.3 Å². The Morgan fingerprint density at radius 3 is 2.38 bits per heavy atom. The summed E-state index contributed by atoms with van der Waals surface area (Å²) in [6, 6.07) is 0. The molecule has 0 aliphatic carbocycles. The van der Waals surface area contributed by atoms with Crippen LogP contribution in [0.3, 0.4) is 0 Å². The molecule has 47 heavy (non-hydrogen) atoms. The summed E-state index contributed by atoms with van der Waals surface area (Å²) in [7, 11) is 1.61. The Labute approximate surface area is 278 Å². The van der Waals surface area contributed by atoms with Crippen molar-refractivity contribution in [1.82, 2.24) is 5.32 Å². The standard InChI is InChI=1S/C36H53NO10/c1-7-9-12-19-31-35(5,43)30(39)23-36(44,47-31)26(8-2)34(42)37-21-16-15-17-24(3)33(45-6)25(4)29-22-27(38)28(46-29)18-13-10-11-14-20-32(40)41/h7,9-20,25-31,33,38-39,43-44H,8,21-23H2,1-6H3,(H,37,42)(H,40,41)/b9-7-,11-10+,16-15+,18-13+,19-12+,20-14+,24-17+. The van der Waals surface area contributed by atoms with Gasteiger partial charge >= 0.3 is 5.97 Å². The van der Waals surface area contributed by atoms with Gasteiger partial charge in [-0.15, -0.1) is 0 Å². The molecule has 1 amide bonds. The van der Waals surface area contributed by atoms with E-state index in [2.05, 4.69) is 5.32 Å². The number of methoxy groups -OCH3 is 1. The van der Waals surface area contributed by atoms with Gasteiger partial charge in [0, 0.05) is 38.5 Å². The quantitative estimate of drug-likeness (QED) is 0.107. The highest BCUT2D eigenvalue weighted by Gasteiger charge is 2.55. The molecule has 2 fully saturated rings. The number of hydrogen-bond acceptors (Lipinski definition) is 9. The molecule has 2 aliphatic heterocycles. The molecule has 10 atom stereocenters. The fraction of sp³-hybridized carbons (Fsp3) is 0.556. The summed E-state index contributed by atoms with van der Waals surface area (Å²) in [5.74, 6) is -4.52. The average Bonchev–Trinajstić information content (AvgIpc) is 3.38. The number of carboxylic acid groups (broad SMARTS) is 1. The predicted octanol–water partition coefficient (Wildman–Crippen LogP) is 3.28. The molecule has 0 aromatic carbocycles. The minimum absolute atomic E-state index is 0.0826. The van der Waals surface area contributed by atoms with Crippen molar-refractivity contribution in [1.29, 1.82) is 0 Å². The first-order valence-electron chi connectivity index (χ1n) is 16.0. The van der Waals surface area contributed by atoms with Gasteiger partial charge in [-0.05, 0) is 32.8 Å². The van der Waals surface area contributed by atoms with Gasteiger partial charge in [-0.3, -0.25) is 4.79 Å². The molecular weight excluding hydrogens is 606 g/mol. The Hall–Kier alpha value is -3.16. The monoisotopic (exact) mass is 659 g/mol. The third-order valence-electron chi connectivity index (χ3n) is 8.64. The molecule has 2 rings (SSSR count). The molecular formula is C36H53NO10. The lowest BCUT2D eigenvalue weighted by Gasteiger charge is -2.49. The number of aliphatic hydroxyl groups excluding tert-OH is 2. The van der Waals surface area contributed by atoms with Gasteiger partial charge in [-0.2, -0.15) is 0 Å². The number of allylic oxidation sites excluding steroid dienone is 9. The van der Waals surface area contributed by atoms with Crippen LogP contribution in [0.1, 0.15) is 53.9 Å². The van der Waals surface area contributed by atoms with E-state index in [9.17, 15) is 30.0 Å². The van der Waals surface area contributed by atoms with Crippen LogP contribution in [-0.4, -0.2) is 99.1 Å². The molecule has 2 aliphatic rings. The van der Waals surface area contributed by atoms with Crippen LogP contribution in [0.15, 0.2) is 84.6 Å². The lowest BCUT2D eigenvalue weighted by molar-refractivity contribution is -0.329. The van der Waals surface area contributed by atoms with Crippen molar-refractivity contribution >= 4 is 11.9 Å². The summed E-state index contributed by atoms with van der Waals surface area (Å²) < 4.78 is 17.7. The summed E-state index contributed by atoms with van der Waals surface area (Å²) in [5.41, 5.74) is -0.727. The molecule has 2 heterocycles. The van der Waals surface area contributed by atoms with E-state index >= 15 is 0 Å². The van der Waals surface area contributed by atoms with Gasteiger partial charge in [-0.25, -0.2) is 4.79 Å². The minimum Gasteiger partial charge on any atom is -0.478 e. The maximum absolute atomic E-state index is 13.1. The van der Waals surface area contributed by atoms with Crippen molar-refractivity contribution in [2.24, 2.45) is 11.8 Å². The van der Waals surface area contributed by atoms with Crippen molar-refractivity contribution in [3.05, 3.63) is 84.6 Å². The molecule has 0 saturated carbocycles. The zero-order valence-electron chi connectivity index (χ0n) is 28.2. The molecule has 0 bridgehead atoms. The fourth-order valence-corrected chi connectivity index (χ4v) is 5.85. The molecule has 0 radical (unpaired) electrons. The second-order valence-corrected chi connectivity index (χ2v) is 12.2. The molecule has 11 nitrogen and oxygen atoms in total. The second kappa shape index (κ2) is 19.0. The van der Waals surface area contributed by atoms with Crippen LogP contribution in [0.5, 0.6) is 0 Å². The number of ether oxygens (including phenoxy) is 3. The lowest BCUT2D eigenvalue weighted by atomic mass is 9.79. The van der Waals surface area contributed by atoms with Crippen LogP contribution in [0, 0.1) is 11.8 Å². The van der Waals surface area contributed by atoms with Crippen molar-refractivity contribution in [3.63, 3.8) is 0 Å². The Kier molecular flexibility index (Phi) is 16.2. The smallest absolute Gasteiger partial charge is 0.328 e. The molecule has 11 heteroatoms. The number of carboxylic acids is 1. The van der Waals surface area contributed by atoms with Crippen LogP contribution in [0.25, 0.3) is 0 Å². The number of aliphatic carboxylic acids is 1. The second-order valence-electron chi connectivity index (χ2n) is 12.2. The summed E-state index contributed by atoms with van der Waals surface area (Å²) in [6.07, 6.45) is 17.5. The fourth-order valence-electron chi connectivity index (χ4n) is 5.85. The average molecular weight is 660 g/mol. The van der Waals surface area contributed by atoms with E-state index in [1.54, 1.807) is 74.8 Å². The first-order valence-corrected chi connectivity index (χ1v) is 16.0. The largest absolute Gasteiger partial charge is 0.478 e. The number of amides is 1. The van der Waals surface area contributed by atoms with Gasteiger partial charge < -0.3 is 45.1 Å². The first kappa shape index (κ1) is 40.0. The van der Waals surface area contributed by atoms with Crippen LogP contribution in [-0.2, 0) is 23.8 Å². The predicted molar refractivity (Wildman–Crippen MR) is 179 cm³/mol. The SMILES string of the molecule is C/C=C\C=C\C1OC(O)(C(CC)C(=O)NC/C=C/C=C(\C)C(OC)C(C)C2CC(O)C(/C=C/C=C/C=C/C(=O)O)O2)CC(O)C1(C)O. The number of rotatable bonds is 16. The molecule has 0 aromatic rings. The Morgan fingerprint density at radius 2 is 1.74 bits per heavy atom. The van der Waals surface area contributed by atoms with E-state index in [4.69, 9.17) is 19.3 Å². The van der Waals surface area contributed by atoms with Crippen molar-refractivity contribution in [2.75, 3.05) is 13.7 Å². The maximum Gasteiger partial charge on any atom is 0.328 e. The summed E-state index contributed by atoms with van der Waals surface area (Å²) in [5, 5.41) is 54.8. The van der Waals surface area contributed by atoms with E-state index in [-0.39, 0.29) is 37.5 Å². The third kappa shape index (κ3) is 11.5. The Bertz CT molecular complexity index is 1230. The number of nitrogens with one attached hydrogen (secondary N) is 1. The van der Waals surface area contributed by atoms with Gasteiger partial charge in [0.2, 0.25) is 5.91 Å². The highest BCUT2D eigenvalue weighted by molar-refractivity contribution is 5.80. The number of carbonyl (C=O) groups excluding carboxylic acids is 1. The highest BCUT2D eigenvalue weighted by atomic mass is 16.6. The molecule has 2 saturated heterocycles. The van der Waals surface area contributed by atoms with E-state index in [1.807, 2.05) is 26.8 Å². The molecule has 0 spiro atoms. The molecule has 10 unspecified atom stereocenters. The normalized spacial score (nSPS) is 32.8. The van der Waals surface area contributed by atoms with E-state index in [1.165, 1.54) is 13.0 Å². The van der Waals surface area contributed by atoms with E-state index in [0.717, 1.165) is 11.6 Å². The summed E-state index contributed by atoms with van der Waals surface area (Å²) in [6.45, 7) is 9.11. The number of hydrogen-bond donors (Lipinski definition) is 6. The van der Waals surface area contributed by atoms with Crippen LogP contribution in [0.4, 0.5) is 0 Å². The van der Waals surface area contributed by atoms with Crippen LogP contribution in [0.2, 0.25) is 0 Å². The zero-order chi connectivity index (χ0) is 35.2. The van der Waals surface area contributed by atoms with Gasteiger partial charge in [0.05, 0.1) is 30.3 Å². The molecule has 0 aromatic heterocycles. The highest BCUT2D eigenvalue weighted by Crippen LogP contribution is 2.40. The van der Waals surface area contributed by atoms with Crippen molar-refractivity contribution in [3.8, 4) is 0 Å². The Balaban J connectivity index is 1.97. The number of carbonyl (C=O) groups is 2. The maximum atomic E-state index is 13.1. The van der Waals surface area contributed by atoms with Crippen LogP contribution < -0.4 is 5.32 Å². The topological polar surface area (TPSA) is 175 Å². The van der Waals surface area contributed by atoms with Crippen molar-refractivity contribution in [2.45, 2.75) is 102 Å². The van der Waals surface area contributed by atoms with Gasteiger partial charge in [0.15, 0.2) is 5.79 Å². The Morgan fingerprint density at radius 1 is 1.06 bits per heavy atom. The van der Waals surface area contributed by atoms with Gasteiger partial charge in [0.25, 0.3) is 0 Å². The summed E-state index contributed by atoms with van der Waals surface area (Å²) in [4.78, 5) is 23.7. The molecule has 6 N–H and O–H groups in total. The first-order chi connectivity index (χ1) is 22.2. The van der Waals surface area contributed by atoms with E-state index in [0.29, 0.717) is 6.42 Å². The molecule has 262 valence electrons. The number of aliphatic hydroxyl groups is 4. The van der Waals surface area contributed by atoms with Gasteiger partial charge in [0.1, 0.15) is 17.8 Å². The summed E-state index contributed by atoms with van der Waals surface area (Å²) >= 11 is 0. The van der Waals surface area contributed by atoms with Gasteiger partial charge in [-0.1, -0.05) is 86.8 Å².